The van der Waals surface area contributed by atoms with Gasteiger partial charge in [-0.05, 0) is 29.4 Å². The van der Waals surface area contributed by atoms with Gasteiger partial charge >= 0.3 is 6.16 Å². The highest BCUT2D eigenvalue weighted by Crippen LogP contribution is 2.18. The molecule has 1 aliphatic heterocycles. The predicted octanol–water partition coefficient (Wildman–Crippen LogP) is 2.16. The zero-order valence-electron chi connectivity index (χ0n) is 12.3. The van der Waals surface area contributed by atoms with Crippen LogP contribution in [0.25, 0.3) is 0 Å². The number of carbonyl (C=O) groups is 3. The lowest BCUT2D eigenvalue weighted by Gasteiger charge is -2.18. The maximum atomic E-state index is 11.5. The Hall–Kier alpha value is -3.03. The van der Waals surface area contributed by atoms with Crippen molar-refractivity contribution in [2.45, 2.75) is 6.92 Å². The Labute approximate surface area is 131 Å². The zero-order chi connectivity index (χ0) is 16.8. The average molecular weight is 318 g/mol. The van der Waals surface area contributed by atoms with Gasteiger partial charge in [-0.15, -0.1) is 4.91 Å². The van der Waals surface area contributed by atoms with Crippen LogP contribution in [0.1, 0.15) is 6.92 Å². The number of nitrogens with zero attached hydrogens (tertiary/aromatic N) is 2. The Kier molecular flexibility index (Phi) is 5.19. The van der Waals surface area contributed by atoms with Crippen molar-refractivity contribution in [3.63, 3.8) is 0 Å². The van der Waals surface area contributed by atoms with Gasteiger partial charge < -0.3 is 9.47 Å². The first-order valence-electron chi connectivity index (χ1n) is 6.81. The summed E-state index contributed by atoms with van der Waals surface area (Å²) in [6, 6.07) is 5.62. The molecule has 0 N–H and O–H groups in total. The van der Waals surface area contributed by atoms with E-state index in [9.17, 15) is 19.3 Å². The van der Waals surface area contributed by atoms with Crippen molar-refractivity contribution in [1.82, 2.24) is 4.90 Å². The molecule has 23 heavy (non-hydrogen) atoms. The maximum Gasteiger partial charge on any atom is 0.513 e. The van der Waals surface area contributed by atoms with Crippen LogP contribution in [0.4, 0.5) is 10.5 Å². The maximum absolute atomic E-state index is 11.5. The number of hydrogen-bond acceptors (Lipinski definition) is 7. The quantitative estimate of drug-likeness (QED) is 0.345. The minimum atomic E-state index is -0.916. The summed E-state index contributed by atoms with van der Waals surface area (Å²) in [5, 5.41) is 2.72. The summed E-state index contributed by atoms with van der Waals surface area (Å²) in [5.41, 5.74) is 0.216. The molecule has 1 aromatic rings. The number of carbonyl (C=O) groups excluding carboxylic acids is 3. The van der Waals surface area contributed by atoms with E-state index in [1.165, 1.54) is 36.4 Å². The van der Waals surface area contributed by atoms with Gasteiger partial charge in [0.05, 0.1) is 6.61 Å². The van der Waals surface area contributed by atoms with Crippen molar-refractivity contribution in [3.8, 4) is 5.75 Å². The standard InChI is InChI=1S/C15H14N2O6/c1-10(8-17-13(18)6-7-14(17)19)9-22-15(20)23-12-4-2-11(16-21)3-5-12/h2-7,10H,8-9H2,1H3. The average Bonchev–Trinajstić information content (AvgIpc) is 2.85. The molecular formula is C15H14N2O6. The number of amides is 2. The van der Waals surface area contributed by atoms with E-state index in [1.807, 2.05) is 0 Å². The molecule has 1 atom stereocenters. The second-order valence-electron chi connectivity index (χ2n) is 4.97. The predicted molar refractivity (Wildman–Crippen MR) is 78.9 cm³/mol. The van der Waals surface area contributed by atoms with E-state index < -0.39 is 6.16 Å². The Morgan fingerprint density at radius 1 is 1.17 bits per heavy atom. The molecule has 0 fully saturated rings. The van der Waals surface area contributed by atoms with E-state index in [0.717, 1.165) is 4.90 Å². The van der Waals surface area contributed by atoms with Gasteiger partial charge in [-0.2, -0.15) is 0 Å². The summed E-state index contributed by atoms with van der Waals surface area (Å²) in [5.74, 6) is -0.789. The molecule has 2 amide bonds. The van der Waals surface area contributed by atoms with Gasteiger partial charge in [0.1, 0.15) is 11.4 Å². The molecule has 0 bridgehead atoms. The monoisotopic (exact) mass is 318 g/mol. The first-order valence-corrected chi connectivity index (χ1v) is 6.81. The van der Waals surface area contributed by atoms with Gasteiger partial charge in [0.25, 0.3) is 11.8 Å². The lowest BCUT2D eigenvalue weighted by Crippen LogP contribution is -2.35. The first-order chi connectivity index (χ1) is 11.0. The summed E-state index contributed by atoms with van der Waals surface area (Å²) in [6.07, 6.45) is 1.48. The molecule has 0 saturated carbocycles. The van der Waals surface area contributed by atoms with E-state index in [4.69, 9.17) is 9.47 Å². The van der Waals surface area contributed by atoms with Crippen molar-refractivity contribution < 1.29 is 23.9 Å². The smallest absolute Gasteiger partial charge is 0.434 e. The van der Waals surface area contributed by atoms with E-state index >= 15 is 0 Å². The number of rotatable bonds is 6. The number of benzene rings is 1. The van der Waals surface area contributed by atoms with Gasteiger partial charge in [0.2, 0.25) is 0 Å². The van der Waals surface area contributed by atoms with Gasteiger partial charge in [-0.3, -0.25) is 14.5 Å². The van der Waals surface area contributed by atoms with Crippen LogP contribution in [0.3, 0.4) is 0 Å². The third-order valence-corrected chi connectivity index (χ3v) is 3.02. The number of ether oxygens (including phenoxy) is 2. The molecule has 0 aliphatic carbocycles. The largest absolute Gasteiger partial charge is 0.513 e. The highest BCUT2D eigenvalue weighted by molar-refractivity contribution is 6.12. The summed E-state index contributed by atoms with van der Waals surface area (Å²) in [6.45, 7) is 1.87. The Balaban J connectivity index is 1.76. The molecule has 0 aromatic heterocycles. The molecule has 0 spiro atoms. The van der Waals surface area contributed by atoms with Crippen molar-refractivity contribution in [3.05, 3.63) is 41.3 Å². The van der Waals surface area contributed by atoms with Crippen molar-refractivity contribution >= 4 is 23.7 Å². The number of imide groups is 1. The lowest BCUT2D eigenvalue weighted by atomic mass is 10.2. The Morgan fingerprint density at radius 3 is 2.35 bits per heavy atom. The Morgan fingerprint density at radius 2 is 1.78 bits per heavy atom. The fourth-order valence-electron chi connectivity index (χ4n) is 1.89. The molecular weight excluding hydrogens is 304 g/mol. The highest BCUT2D eigenvalue weighted by atomic mass is 16.7. The summed E-state index contributed by atoms with van der Waals surface area (Å²) < 4.78 is 9.84. The summed E-state index contributed by atoms with van der Waals surface area (Å²) in [7, 11) is 0. The SMILES string of the molecule is CC(COC(=O)Oc1ccc(N=O)cc1)CN1C(=O)C=CC1=O. The second-order valence-corrected chi connectivity index (χ2v) is 4.97. The molecule has 1 aliphatic rings. The van der Waals surface area contributed by atoms with E-state index in [1.54, 1.807) is 6.92 Å². The minimum absolute atomic E-state index is 0.0100. The third kappa shape index (κ3) is 4.47. The molecule has 8 nitrogen and oxygen atoms in total. The van der Waals surface area contributed by atoms with Gasteiger partial charge in [0.15, 0.2) is 0 Å². The van der Waals surface area contributed by atoms with Gasteiger partial charge in [-0.1, -0.05) is 6.92 Å². The van der Waals surface area contributed by atoms with Crippen molar-refractivity contribution in [2.24, 2.45) is 11.1 Å². The van der Waals surface area contributed by atoms with Crippen LogP contribution in [0.5, 0.6) is 5.75 Å². The second kappa shape index (κ2) is 7.30. The topological polar surface area (TPSA) is 102 Å². The van der Waals surface area contributed by atoms with E-state index in [-0.39, 0.29) is 42.3 Å². The van der Waals surface area contributed by atoms with Crippen molar-refractivity contribution in [2.75, 3.05) is 13.2 Å². The molecule has 8 heteroatoms. The molecule has 0 radical (unpaired) electrons. The molecule has 120 valence electrons. The van der Waals surface area contributed by atoms with Gasteiger partial charge in [-0.25, -0.2) is 4.79 Å². The first kappa shape index (κ1) is 16.3. The Bertz CT molecular complexity index is 634. The molecule has 1 unspecified atom stereocenters. The van der Waals surface area contributed by atoms with Crippen LogP contribution in [0, 0.1) is 10.8 Å². The van der Waals surface area contributed by atoms with Crippen LogP contribution in [0.15, 0.2) is 41.6 Å². The van der Waals surface area contributed by atoms with Crippen LogP contribution in [-0.4, -0.2) is 36.0 Å². The van der Waals surface area contributed by atoms with Crippen LogP contribution < -0.4 is 4.74 Å². The molecule has 1 aromatic carbocycles. The fourth-order valence-corrected chi connectivity index (χ4v) is 1.89. The summed E-state index contributed by atoms with van der Waals surface area (Å²) >= 11 is 0. The lowest BCUT2D eigenvalue weighted by molar-refractivity contribution is -0.137. The van der Waals surface area contributed by atoms with Gasteiger partial charge in [0, 0.05) is 24.6 Å². The molecule has 0 saturated heterocycles. The third-order valence-electron chi connectivity index (χ3n) is 3.02. The fraction of sp³-hybridized carbons (Fsp3) is 0.267. The van der Waals surface area contributed by atoms with Crippen LogP contribution >= 0.6 is 0 Å². The number of nitroso groups, excluding NO2 is 1. The zero-order valence-corrected chi connectivity index (χ0v) is 12.3. The van der Waals surface area contributed by atoms with E-state index in [0.29, 0.717) is 0 Å². The summed E-state index contributed by atoms with van der Waals surface area (Å²) in [4.78, 5) is 45.7. The number of hydrogen-bond donors (Lipinski definition) is 0. The normalized spacial score (nSPS) is 14.7. The minimum Gasteiger partial charge on any atom is -0.434 e. The molecule has 1 heterocycles. The molecule has 2 rings (SSSR count). The highest BCUT2D eigenvalue weighted by Gasteiger charge is 2.25. The van der Waals surface area contributed by atoms with Crippen molar-refractivity contribution in [1.29, 1.82) is 0 Å². The van der Waals surface area contributed by atoms with E-state index in [2.05, 4.69) is 5.18 Å². The van der Waals surface area contributed by atoms with Crippen LogP contribution in [0.2, 0.25) is 0 Å². The van der Waals surface area contributed by atoms with Crippen LogP contribution in [-0.2, 0) is 14.3 Å².